The van der Waals surface area contributed by atoms with Crippen LogP contribution in [-0.4, -0.2) is 70.2 Å². The van der Waals surface area contributed by atoms with E-state index < -0.39 is 29.8 Å². The molecule has 3 fully saturated rings. The molecule has 7 atom stereocenters. The summed E-state index contributed by atoms with van der Waals surface area (Å²) in [7, 11) is 0. The molecule has 1 aromatic carbocycles. The Hall–Kier alpha value is -2.16. The maximum absolute atomic E-state index is 13.0. The Morgan fingerprint density at radius 1 is 1.12 bits per heavy atom. The van der Waals surface area contributed by atoms with Crippen molar-refractivity contribution in [3.63, 3.8) is 0 Å². The van der Waals surface area contributed by atoms with Crippen LogP contribution < -0.4 is 5.32 Å². The average Bonchev–Trinajstić information content (AvgIpc) is 3.25. The van der Waals surface area contributed by atoms with Crippen LogP contribution >= 0.6 is 0 Å². The first-order valence-electron chi connectivity index (χ1n) is 12.4. The van der Waals surface area contributed by atoms with E-state index in [1.54, 1.807) is 17.0 Å². The number of aliphatic hydroxyl groups is 3. The number of nitrogens with one attached hydrogen (secondary N) is 1. The smallest absolute Gasteiger partial charge is 0.411 e. The molecule has 2 saturated carbocycles. The molecular weight excluding hydrogens is 436 g/mol. The summed E-state index contributed by atoms with van der Waals surface area (Å²) in [5, 5.41) is 34.1. The second-order valence-electron chi connectivity index (χ2n) is 10.9. The normalized spacial score (nSPS) is 37.7. The van der Waals surface area contributed by atoms with Gasteiger partial charge in [-0.15, -0.1) is 0 Å². The average molecular weight is 475 g/mol. The highest BCUT2D eigenvalue weighted by atomic mass is 16.6. The van der Waals surface area contributed by atoms with Crippen molar-refractivity contribution >= 4 is 17.7 Å². The van der Waals surface area contributed by atoms with Gasteiger partial charge in [0.1, 0.15) is 6.10 Å². The maximum Gasteiger partial charge on any atom is 0.411 e. The number of carbonyl (C=O) groups excluding carboxylic acids is 2. The van der Waals surface area contributed by atoms with Crippen LogP contribution in [0.15, 0.2) is 30.3 Å². The van der Waals surface area contributed by atoms with E-state index in [4.69, 9.17) is 4.74 Å². The summed E-state index contributed by atoms with van der Waals surface area (Å²) in [5.74, 6) is -0.297. The lowest BCUT2D eigenvalue weighted by atomic mass is 9.46. The fourth-order valence-corrected chi connectivity index (χ4v) is 6.86. The van der Waals surface area contributed by atoms with Gasteiger partial charge in [0.25, 0.3) is 0 Å². The third kappa shape index (κ3) is 4.68. The van der Waals surface area contributed by atoms with Crippen LogP contribution in [0, 0.1) is 22.7 Å². The first-order chi connectivity index (χ1) is 16.2. The summed E-state index contributed by atoms with van der Waals surface area (Å²) < 4.78 is 5.86. The van der Waals surface area contributed by atoms with Gasteiger partial charge in [-0.05, 0) is 61.5 Å². The SMILES string of the molecule is C[C@]1(CO)C2CC[C@@H](O)[C@@H](CC(=O)N3CC[C@@H](O)C3)[C@]2(C)CC[C@H]1OC(=O)Nc1ccccc1. The molecule has 3 aliphatic rings. The van der Waals surface area contributed by atoms with Gasteiger partial charge in [-0.2, -0.15) is 0 Å². The van der Waals surface area contributed by atoms with Crippen molar-refractivity contribution in [2.45, 2.75) is 70.7 Å². The number of benzene rings is 1. The first kappa shape index (κ1) is 24.9. The third-order valence-electron chi connectivity index (χ3n) is 8.86. The summed E-state index contributed by atoms with van der Waals surface area (Å²) in [6.45, 7) is 4.83. The fraction of sp³-hybridized carbons (Fsp3) is 0.692. The van der Waals surface area contributed by atoms with Crippen LogP contribution in [-0.2, 0) is 9.53 Å². The fourth-order valence-electron chi connectivity index (χ4n) is 6.86. The van der Waals surface area contributed by atoms with Crippen molar-refractivity contribution in [1.82, 2.24) is 4.90 Å². The Kier molecular flexibility index (Phi) is 7.22. The Bertz CT molecular complexity index is 881. The van der Waals surface area contributed by atoms with Gasteiger partial charge >= 0.3 is 6.09 Å². The van der Waals surface area contributed by atoms with E-state index in [9.17, 15) is 24.9 Å². The van der Waals surface area contributed by atoms with Crippen molar-refractivity contribution in [1.29, 1.82) is 0 Å². The largest absolute Gasteiger partial charge is 0.445 e. The second-order valence-corrected chi connectivity index (χ2v) is 10.9. The molecule has 34 heavy (non-hydrogen) atoms. The van der Waals surface area contributed by atoms with Gasteiger partial charge < -0.3 is 25.0 Å². The zero-order valence-electron chi connectivity index (χ0n) is 20.2. The van der Waals surface area contributed by atoms with Gasteiger partial charge in [-0.25, -0.2) is 4.79 Å². The van der Waals surface area contributed by atoms with Gasteiger partial charge in [0.2, 0.25) is 5.91 Å². The molecule has 4 N–H and O–H groups in total. The summed E-state index contributed by atoms with van der Waals surface area (Å²) >= 11 is 0. The van der Waals surface area contributed by atoms with E-state index in [1.807, 2.05) is 25.1 Å². The molecule has 1 unspecified atom stereocenters. The minimum atomic E-state index is -0.688. The predicted octanol–water partition coefficient (Wildman–Crippen LogP) is 2.77. The molecule has 1 heterocycles. The van der Waals surface area contributed by atoms with Crippen LogP contribution in [0.5, 0.6) is 0 Å². The molecule has 0 aromatic heterocycles. The van der Waals surface area contributed by atoms with E-state index in [1.165, 1.54) is 0 Å². The lowest BCUT2D eigenvalue weighted by molar-refractivity contribution is -0.186. The van der Waals surface area contributed by atoms with E-state index in [2.05, 4.69) is 12.2 Å². The van der Waals surface area contributed by atoms with Gasteiger partial charge in [-0.1, -0.05) is 32.0 Å². The summed E-state index contributed by atoms with van der Waals surface area (Å²) in [5.41, 5.74) is -0.421. The number of rotatable bonds is 5. The molecular formula is C26H38N2O6. The second kappa shape index (κ2) is 9.84. The molecule has 8 nitrogen and oxygen atoms in total. The number of para-hydroxylation sites is 1. The van der Waals surface area contributed by atoms with Crippen LogP contribution in [0.2, 0.25) is 0 Å². The van der Waals surface area contributed by atoms with Gasteiger partial charge in [-0.3, -0.25) is 10.1 Å². The number of hydrogen-bond acceptors (Lipinski definition) is 6. The topological polar surface area (TPSA) is 119 Å². The summed E-state index contributed by atoms with van der Waals surface area (Å²) in [6.07, 6.45) is 1.19. The first-order valence-corrected chi connectivity index (χ1v) is 12.4. The highest BCUT2D eigenvalue weighted by molar-refractivity contribution is 5.84. The van der Waals surface area contributed by atoms with Crippen LogP contribution in [0.1, 0.15) is 52.4 Å². The van der Waals surface area contributed by atoms with E-state index in [0.717, 1.165) is 0 Å². The minimum absolute atomic E-state index is 0.0151. The van der Waals surface area contributed by atoms with Crippen LogP contribution in [0.3, 0.4) is 0 Å². The number of likely N-dealkylation sites (tertiary alicyclic amines) is 1. The molecule has 0 radical (unpaired) electrons. The molecule has 1 saturated heterocycles. The number of nitrogens with zero attached hydrogens (tertiary/aromatic N) is 1. The molecule has 8 heteroatoms. The lowest BCUT2D eigenvalue weighted by Gasteiger charge is -2.60. The van der Waals surface area contributed by atoms with E-state index >= 15 is 0 Å². The van der Waals surface area contributed by atoms with Crippen LogP contribution in [0.4, 0.5) is 10.5 Å². The molecule has 2 aliphatic carbocycles. The quantitative estimate of drug-likeness (QED) is 0.521. The highest BCUT2D eigenvalue weighted by Gasteiger charge is 2.60. The molecule has 0 spiro atoms. The predicted molar refractivity (Wildman–Crippen MR) is 127 cm³/mol. The van der Waals surface area contributed by atoms with Gasteiger partial charge in [0.05, 0.1) is 18.8 Å². The van der Waals surface area contributed by atoms with Crippen LogP contribution in [0.25, 0.3) is 0 Å². The number of anilines is 1. The number of ether oxygens (including phenoxy) is 1. The lowest BCUT2D eigenvalue weighted by Crippen LogP contribution is -2.61. The monoisotopic (exact) mass is 474 g/mol. The van der Waals surface area contributed by atoms with E-state index in [0.29, 0.717) is 50.9 Å². The standard InChI is InChI=1S/C26H38N2O6/c1-25-12-10-22(34-24(33)27-17-6-4-3-5-7-17)26(2,16-29)21(25)9-8-20(31)19(25)14-23(32)28-13-11-18(30)15-28/h3-7,18-22,29-31H,8-16H2,1-2H3,(H,27,33)/t18-,19-,20-,21?,22-,25+,26+/m1/s1. The molecule has 0 bridgehead atoms. The zero-order chi connectivity index (χ0) is 24.5. The molecule has 1 aliphatic heterocycles. The number of fused-ring (bicyclic) bond motifs is 1. The third-order valence-corrected chi connectivity index (χ3v) is 8.86. The summed E-state index contributed by atoms with van der Waals surface area (Å²) in [4.78, 5) is 27.3. The number of carbonyl (C=O) groups is 2. The van der Waals surface area contributed by atoms with Gasteiger partial charge in [0, 0.05) is 30.6 Å². The van der Waals surface area contributed by atoms with Crippen molar-refractivity contribution in [3.05, 3.63) is 30.3 Å². The Labute approximate surface area is 201 Å². The number of amides is 2. The van der Waals surface area contributed by atoms with Crippen molar-refractivity contribution < 1.29 is 29.6 Å². The zero-order valence-corrected chi connectivity index (χ0v) is 20.2. The van der Waals surface area contributed by atoms with Crippen molar-refractivity contribution in [2.24, 2.45) is 22.7 Å². The maximum atomic E-state index is 13.0. The summed E-state index contributed by atoms with van der Waals surface area (Å²) in [6, 6.07) is 9.10. The Morgan fingerprint density at radius 3 is 2.50 bits per heavy atom. The van der Waals surface area contributed by atoms with Crippen molar-refractivity contribution in [2.75, 3.05) is 25.0 Å². The van der Waals surface area contributed by atoms with Crippen molar-refractivity contribution in [3.8, 4) is 0 Å². The molecule has 188 valence electrons. The molecule has 4 rings (SSSR count). The molecule has 1 aromatic rings. The number of β-amino-alcohol motifs (C(OH)–C–C–N with tert-alkyl or cyclic N) is 1. The van der Waals surface area contributed by atoms with E-state index in [-0.39, 0.29) is 36.2 Å². The molecule has 2 amide bonds. The Morgan fingerprint density at radius 2 is 1.85 bits per heavy atom. The minimum Gasteiger partial charge on any atom is -0.445 e. The van der Waals surface area contributed by atoms with Gasteiger partial charge in [0.15, 0.2) is 0 Å². The number of hydrogen-bond donors (Lipinski definition) is 4. The Balaban J connectivity index is 1.49. The number of aliphatic hydroxyl groups excluding tert-OH is 3. The highest BCUT2D eigenvalue weighted by Crippen LogP contribution is 2.61.